The first-order valence-corrected chi connectivity index (χ1v) is 7.34. The summed E-state index contributed by atoms with van der Waals surface area (Å²) in [6, 6.07) is 16.7. The molecule has 0 amide bonds. The average Bonchev–Trinajstić information content (AvgIpc) is 2.54. The van der Waals surface area contributed by atoms with Gasteiger partial charge in [0.15, 0.2) is 0 Å². The fraction of sp³-hybridized carbons (Fsp3) is 0.333. The lowest BCUT2D eigenvalue weighted by Gasteiger charge is -2.21. The van der Waals surface area contributed by atoms with Crippen LogP contribution in [0.1, 0.15) is 30.5 Å². The van der Waals surface area contributed by atoms with Crippen LogP contribution in [0.5, 0.6) is 5.75 Å². The maximum atomic E-state index is 6.05. The highest BCUT2D eigenvalue weighted by Gasteiger charge is 2.08. The van der Waals surface area contributed by atoms with E-state index in [0.29, 0.717) is 0 Å². The number of ether oxygens (including phenoxy) is 1. The van der Waals surface area contributed by atoms with Crippen molar-refractivity contribution in [3.8, 4) is 5.75 Å². The molecule has 0 aromatic heterocycles. The van der Waals surface area contributed by atoms with E-state index in [1.165, 1.54) is 16.8 Å². The molecule has 0 heterocycles. The molecule has 0 aliphatic carbocycles. The summed E-state index contributed by atoms with van der Waals surface area (Å²) >= 11 is 0. The van der Waals surface area contributed by atoms with Crippen LogP contribution >= 0.6 is 0 Å². The Labute approximate surface area is 127 Å². The number of rotatable bonds is 6. The molecule has 0 saturated heterocycles. The van der Waals surface area contributed by atoms with E-state index in [-0.39, 0.29) is 6.04 Å². The maximum absolute atomic E-state index is 6.05. The van der Waals surface area contributed by atoms with E-state index in [2.05, 4.69) is 49.2 Å². The van der Waals surface area contributed by atoms with Gasteiger partial charge in [-0.3, -0.25) is 0 Å². The Morgan fingerprint density at radius 3 is 2.38 bits per heavy atom. The molecule has 2 rings (SSSR count). The first-order valence-electron chi connectivity index (χ1n) is 7.34. The molecule has 0 fully saturated rings. The van der Waals surface area contributed by atoms with Gasteiger partial charge in [0, 0.05) is 30.9 Å². The molecule has 0 aliphatic rings. The molecule has 2 aromatic rings. The minimum Gasteiger partial charge on any atom is -0.496 e. The number of methoxy groups -OCH3 is 1. The summed E-state index contributed by atoms with van der Waals surface area (Å²) in [7, 11) is 3.79. The van der Waals surface area contributed by atoms with E-state index in [1.54, 1.807) is 7.11 Å². The molecule has 21 heavy (non-hydrogen) atoms. The lowest BCUT2D eigenvalue weighted by atomic mass is 10.0. The zero-order valence-corrected chi connectivity index (χ0v) is 13.0. The summed E-state index contributed by atoms with van der Waals surface area (Å²) in [5.74, 6) is 0.925. The predicted molar refractivity (Wildman–Crippen MR) is 88.8 cm³/mol. The number of anilines is 1. The van der Waals surface area contributed by atoms with Crippen molar-refractivity contribution in [2.75, 3.05) is 19.1 Å². The smallest absolute Gasteiger partial charge is 0.123 e. The molecule has 1 atom stereocenters. The van der Waals surface area contributed by atoms with Crippen LogP contribution in [0.2, 0.25) is 0 Å². The Bertz CT molecular complexity index is 566. The van der Waals surface area contributed by atoms with Gasteiger partial charge in [0.1, 0.15) is 5.75 Å². The topological polar surface area (TPSA) is 38.5 Å². The molecular formula is C18H24N2O. The molecular weight excluding hydrogens is 260 g/mol. The molecule has 2 aromatic carbocycles. The third-order valence-corrected chi connectivity index (χ3v) is 3.80. The summed E-state index contributed by atoms with van der Waals surface area (Å²) in [6.45, 7) is 2.91. The van der Waals surface area contributed by atoms with Gasteiger partial charge < -0.3 is 15.4 Å². The van der Waals surface area contributed by atoms with Crippen molar-refractivity contribution in [1.82, 2.24) is 0 Å². The summed E-state index contributed by atoms with van der Waals surface area (Å²) in [4.78, 5) is 2.21. The zero-order chi connectivity index (χ0) is 15.2. The van der Waals surface area contributed by atoms with Crippen LogP contribution in [0.15, 0.2) is 48.5 Å². The highest BCUT2D eigenvalue weighted by Crippen LogP contribution is 2.23. The fourth-order valence-electron chi connectivity index (χ4n) is 2.39. The molecule has 112 valence electrons. The molecule has 0 radical (unpaired) electrons. The summed E-state index contributed by atoms with van der Waals surface area (Å²) in [5, 5.41) is 0. The van der Waals surface area contributed by atoms with Crippen molar-refractivity contribution in [1.29, 1.82) is 0 Å². The highest BCUT2D eigenvalue weighted by molar-refractivity contribution is 5.49. The Balaban J connectivity index is 2.11. The Morgan fingerprint density at radius 1 is 1.10 bits per heavy atom. The van der Waals surface area contributed by atoms with Crippen LogP contribution in [0, 0.1) is 0 Å². The van der Waals surface area contributed by atoms with Crippen molar-refractivity contribution < 1.29 is 4.74 Å². The van der Waals surface area contributed by atoms with Crippen LogP contribution in [0.3, 0.4) is 0 Å². The van der Waals surface area contributed by atoms with Crippen LogP contribution < -0.4 is 15.4 Å². The zero-order valence-electron chi connectivity index (χ0n) is 13.0. The third-order valence-electron chi connectivity index (χ3n) is 3.80. The maximum Gasteiger partial charge on any atom is 0.123 e. The molecule has 3 heteroatoms. The van der Waals surface area contributed by atoms with E-state index >= 15 is 0 Å². The Hall–Kier alpha value is -2.00. The monoisotopic (exact) mass is 284 g/mol. The summed E-state index contributed by atoms with van der Waals surface area (Å²) in [5.41, 5.74) is 9.59. The summed E-state index contributed by atoms with van der Waals surface area (Å²) in [6.07, 6.45) is 0.955. The van der Waals surface area contributed by atoms with Gasteiger partial charge in [0.25, 0.3) is 0 Å². The second-order valence-electron chi connectivity index (χ2n) is 5.27. The normalized spacial score (nSPS) is 12.0. The van der Waals surface area contributed by atoms with Crippen molar-refractivity contribution in [3.63, 3.8) is 0 Å². The highest BCUT2D eigenvalue weighted by atomic mass is 16.5. The van der Waals surface area contributed by atoms with E-state index in [9.17, 15) is 0 Å². The molecule has 3 nitrogen and oxygen atoms in total. The number of benzene rings is 2. The Morgan fingerprint density at radius 2 is 1.76 bits per heavy atom. The predicted octanol–water partition coefficient (Wildman–Crippen LogP) is 3.74. The molecule has 0 aliphatic heterocycles. The lowest BCUT2D eigenvalue weighted by Crippen LogP contribution is -2.17. The van der Waals surface area contributed by atoms with Gasteiger partial charge in [-0.15, -0.1) is 0 Å². The van der Waals surface area contributed by atoms with Crippen molar-refractivity contribution >= 4 is 5.69 Å². The molecule has 0 unspecified atom stereocenters. The molecule has 0 spiro atoms. The average molecular weight is 284 g/mol. The number of nitrogens with zero attached hydrogens (tertiary/aromatic N) is 1. The van der Waals surface area contributed by atoms with E-state index in [4.69, 9.17) is 10.5 Å². The van der Waals surface area contributed by atoms with Gasteiger partial charge in [0.05, 0.1) is 7.11 Å². The first kappa shape index (κ1) is 15.4. The van der Waals surface area contributed by atoms with Gasteiger partial charge in [0.2, 0.25) is 0 Å². The second kappa shape index (κ2) is 7.14. The van der Waals surface area contributed by atoms with Gasteiger partial charge in [-0.25, -0.2) is 0 Å². The number of nitrogens with two attached hydrogens (primary N) is 1. The molecule has 0 bridgehead atoms. The lowest BCUT2D eigenvalue weighted by molar-refractivity contribution is 0.409. The van der Waals surface area contributed by atoms with E-state index in [0.717, 1.165) is 18.7 Å². The largest absolute Gasteiger partial charge is 0.496 e. The first-order chi connectivity index (χ1) is 10.2. The SMILES string of the molecule is CC[C@@H](N)c1ccc(N(C)Cc2ccccc2OC)cc1. The standard InChI is InChI=1S/C18H24N2O/c1-4-17(19)14-9-11-16(12-10-14)20(2)13-15-7-5-6-8-18(15)21-3/h5-12,17H,4,13,19H2,1-3H3/t17-/m1/s1. The van der Waals surface area contributed by atoms with Crippen molar-refractivity contribution in [3.05, 3.63) is 59.7 Å². The summed E-state index contributed by atoms with van der Waals surface area (Å²) < 4.78 is 5.40. The van der Waals surface area contributed by atoms with Crippen LogP contribution in [-0.2, 0) is 6.54 Å². The van der Waals surface area contributed by atoms with Crippen molar-refractivity contribution in [2.45, 2.75) is 25.9 Å². The van der Waals surface area contributed by atoms with Crippen LogP contribution in [-0.4, -0.2) is 14.2 Å². The van der Waals surface area contributed by atoms with Gasteiger partial charge in [-0.1, -0.05) is 37.3 Å². The number of hydrogen-bond acceptors (Lipinski definition) is 3. The third kappa shape index (κ3) is 3.76. The molecule has 0 saturated carbocycles. The van der Waals surface area contributed by atoms with Gasteiger partial charge >= 0.3 is 0 Å². The fourth-order valence-corrected chi connectivity index (χ4v) is 2.39. The minimum absolute atomic E-state index is 0.124. The number of hydrogen-bond donors (Lipinski definition) is 1. The van der Waals surface area contributed by atoms with Crippen molar-refractivity contribution in [2.24, 2.45) is 5.73 Å². The van der Waals surface area contributed by atoms with Gasteiger partial charge in [-0.05, 0) is 30.2 Å². The molecule has 2 N–H and O–H groups in total. The van der Waals surface area contributed by atoms with Crippen LogP contribution in [0.25, 0.3) is 0 Å². The quantitative estimate of drug-likeness (QED) is 0.878. The minimum atomic E-state index is 0.124. The van der Waals surface area contributed by atoms with E-state index < -0.39 is 0 Å². The van der Waals surface area contributed by atoms with Gasteiger partial charge in [-0.2, -0.15) is 0 Å². The van der Waals surface area contributed by atoms with E-state index in [1.807, 2.05) is 18.2 Å². The number of para-hydroxylation sites is 1. The Kier molecular flexibility index (Phi) is 5.23. The van der Waals surface area contributed by atoms with Crippen LogP contribution in [0.4, 0.5) is 5.69 Å². The second-order valence-corrected chi connectivity index (χ2v) is 5.27.